The summed E-state index contributed by atoms with van der Waals surface area (Å²) < 4.78 is 0. The Bertz CT molecular complexity index is 836. The van der Waals surface area contributed by atoms with Gasteiger partial charge in [-0.25, -0.2) is 4.90 Å². The molecule has 2 amide bonds. The fourth-order valence-corrected chi connectivity index (χ4v) is 3.12. The third kappa shape index (κ3) is 2.99. The van der Waals surface area contributed by atoms with Crippen molar-refractivity contribution in [3.63, 3.8) is 0 Å². The van der Waals surface area contributed by atoms with E-state index in [1.165, 1.54) is 0 Å². The topological polar surface area (TPSA) is 49.4 Å². The fraction of sp³-hybridized carbons (Fsp3) is 0.222. The van der Waals surface area contributed by atoms with Crippen LogP contribution < -0.4 is 10.2 Å². The summed E-state index contributed by atoms with van der Waals surface area (Å²) in [6.45, 7) is 3.93. The SMILES string of the molecule is Cc1ccc(C)c(N[C@H]2CC(=O)N(c3cccc(Cl)c3Cl)C2=O)c1. The number of imide groups is 1. The maximum absolute atomic E-state index is 12.7. The number of anilines is 2. The van der Waals surface area contributed by atoms with Crippen molar-refractivity contribution in [3.05, 3.63) is 57.6 Å². The Labute approximate surface area is 150 Å². The molecule has 0 saturated carbocycles. The Balaban J connectivity index is 1.89. The monoisotopic (exact) mass is 362 g/mol. The average Bonchev–Trinajstić information content (AvgIpc) is 2.80. The second kappa shape index (κ2) is 6.46. The Morgan fingerprint density at radius 2 is 1.88 bits per heavy atom. The quantitative estimate of drug-likeness (QED) is 0.825. The molecular weight excluding hydrogens is 347 g/mol. The molecule has 124 valence electrons. The molecule has 1 atom stereocenters. The largest absolute Gasteiger partial charge is 0.373 e. The van der Waals surface area contributed by atoms with E-state index in [-0.39, 0.29) is 23.3 Å². The maximum atomic E-state index is 12.7. The van der Waals surface area contributed by atoms with Crippen molar-refractivity contribution >= 4 is 46.4 Å². The number of nitrogens with zero attached hydrogens (tertiary/aromatic N) is 1. The van der Waals surface area contributed by atoms with Crippen LogP contribution in [0.4, 0.5) is 11.4 Å². The van der Waals surface area contributed by atoms with E-state index in [4.69, 9.17) is 23.2 Å². The van der Waals surface area contributed by atoms with E-state index >= 15 is 0 Å². The lowest BCUT2D eigenvalue weighted by Crippen LogP contribution is -2.35. The first-order chi connectivity index (χ1) is 11.4. The third-order valence-electron chi connectivity index (χ3n) is 4.04. The van der Waals surface area contributed by atoms with Crippen molar-refractivity contribution in [2.45, 2.75) is 26.3 Å². The molecule has 0 aromatic heterocycles. The van der Waals surface area contributed by atoms with Crippen LogP contribution in [0.15, 0.2) is 36.4 Å². The highest BCUT2D eigenvalue weighted by molar-refractivity contribution is 6.45. The number of nitrogens with one attached hydrogen (secondary N) is 1. The normalized spacial score (nSPS) is 17.5. The van der Waals surface area contributed by atoms with Crippen LogP contribution in [0.25, 0.3) is 0 Å². The molecule has 2 aromatic carbocycles. The molecule has 0 spiro atoms. The Kier molecular flexibility index (Phi) is 4.52. The molecule has 2 aromatic rings. The van der Waals surface area contributed by atoms with E-state index in [0.717, 1.165) is 21.7 Å². The minimum Gasteiger partial charge on any atom is -0.373 e. The summed E-state index contributed by atoms with van der Waals surface area (Å²) in [5, 5.41) is 3.68. The van der Waals surface area contributed by atoms with Gasteiger partial charge in [0.2, 0.25) is 5.91 Å². The van der Waals surface area contributed by atoms with E-state index < -0.39 is 6.04 Å². The van der Waals surface area contributed by atoms with E-state index in [2.05, 4.69) is 5.32 Å². The molecule has 0 unspecified atom stereocenters. The molecule has 24 heavy (non-hydrogen) atoms. The lowest BCUT2D eigenvalue weighted by Gasteiger charge is -2.18. The van der Waals surface area contributed by atoms with E-state index in [0.29, 0.717) is 10.7 Å². The summed E-state index contributed by atoms with van der Waals surface area (Å²) in [7, 11) is 0. The van der Waals surface area contributed by atoms with Gasteiger partial charge in [-0.2, -0.15) is 0 Å². The van der Waals surface area contributed by atoms with Gasteiger partial charge in [-0.3, -0.25) is 9.59 Å². The molecule has 1 aliphatic rings. The van der Waals surface area contributed by atoms with Crippen molar-refractivity contribution in [2.75, 3.05) is 10.2 Å². The number of amides is 2. The van der Waals surface area contributed by atoms with E-state index in [9.17, 15) is 9.59 Å². The van der Waals surface area contributed by atoms with Crippen LogP contribution >= 0.6 is 23.2 Å². The molecule has 3 rings (SSSR count). The number of carbonyl (C=O) groups excluding carboxylic acids is 2. The Morgan fingerprint density at radius 1 is 1.12 bits per heavy atom. The van der Waals surface area contributed by atoms with E-state index in [1.807, 2.05) is 32.0 Å². The zero-order chi connectivity index (χ0) is 17.4. The molecule has 1 aliphatic heterocycles. The zero-order valence-electron chi connectivity index (χ0n) is 13.3. The van der Waals surface area contributed by atoms with Gasteiger partial charge in [0.15, 0.2) is 0 Å². The van der Waals surface area contributed by atoms with Crippen LogP contribution in [0, 0.1) is 13.8 Å². The number of carbonyl (C=O) groups is 2. The predicted molar refractivity (Wildman–Crippen MR) is 96.9 cm³/mol. The smallest absolute Gasteiger partial charge is 0.256 e. The molecule has 1 saturated heterocycles. The minimum absolute atomic E-state index is 0.0784. The molecule has 1 heterocycles. The van der Waals surface area contributed by atoms with Gasteiger partial charge in [0.1, 0.15) is 6.04 Å². The van der Waals surface area contributed by atoms with Gasteiger partial charge in [-0.1, -0.05) is 41.4 Å². The number of aryl methyl sites for hydroxylation is 2. The number of benzene rings is 2. The molecule has 0 aliphatic carbocycles. The van der Waals surface area contributed by atoms with Crippen LogP contribution in [-0.4, -0.2) is 17.9 Å². The average molecular weight is 363 g/mol. The van der Waals surface area contributed by atoms with Crippen LogP contribution in [0.5, 0.6) is 0 Å². The second-order valence-electron chi connectivity index (χ2n) is 5.86. The van der Waals surface area contributed by atoms with Gasteiger partial charge in [-0.15, -0.1) is 0 Å². The van der Waals surface area contributed by atoms with Gasteiger partial charge < -0.3 is 5.32 Å². The summed E-state index contributed by atoms with van der Waals surface area (Å²) in [6.07, 6.45) is 0.0784. The number of hydrogen-bond donors (Lipinski definition) is 1. The summed E-state index contributed by atoms with van der Waals surface area (Å²) in [5.41, 5.74) is 3.26. The number of halogens is 2. The highest BCUT2D eigenvalue weighted by Crippen LogP contribution is 2.35. The van der Waals surface area contributed by atoms with Gasteiger partial charge in [0.25, 0.3) is 5.91 Å². The maximum Gasteiger partial charge on any atom is 0.256 e. The van der Waals surface area contributed by atoms with Crippen LogP contribution in [-0.2, 0) is 9.59 Å². The van der Waals surface area contributed by atoms with Gasteiger partial charge in [0, 0.05) is 5.69 Å². The van der Waals surface area contributed by atoms with Crippen LogP contribution in [0.1, 0.15) is 17.5 Å². The highest BCUT2D eigenvalue weighted by Gasteiger charge is 2.40. The zero-order valence-corrected chi connectivity index (χ0v) is 14.8. The predicted octanol–water partition coefficient (Wildman–Crippen LogP) is 4.35. The van der Waals surface area contributed by atoms with Crippen molar-refractivity contribution in [1.29, 1.82) is 0 Å². The van der Waals surface area contributed by atoms with Crippen LogP contribution in [0.3, 0.4) is 0 Å². The standard InChI is InChI=1S/C18H16Cl2N2O2/c1-10-6-7-11(2)13(8-10)21-14-9-16(23)22(18(14)24)15-5-3-4-12(19)17(15)20/h3-8,14,21H,9H2,1-2H3/t14-/m0/s1. The first-order valence-corrected chi connectivity index (χ1v) is 8.28. The summed E-state index contributed by atoms with van der Waals surface area (Å²) >= 11 is 12.2. The molecule has 1 fully saturated rings. The molecule has 0 radical (unpaired) electrons. The first kappa shape index (κ1) is 16.8. The summed E-state index contributed by atoms with van der Waals surface area (Å²) in [5.74, 6) is -0.628. The van der Waals surface area contributed by atoms with Crippen molar-refractivity contribution in [1.82, 2.24) is 0 Å². The van der Waals surface area contributed by atoms with Crippen molar-refractivity contribution in [3.8, 4) is 0 Å². The fourth-order valence-electron chi connectivity index (χ4n) is 2.74. The molecule has 6 heteroatoms. The van der Waals surface area contributed by atoms with Crippen LogP contribution in [0.2, 0.25) is 10.0 Å². The number of rotatable bonds is 3. The third-order valence-corrected chi connectivity index (χ3v) is 4.85. The van der Waals surface area contributed by atoms with Gasteiger partial charge in [-0.05, 0) is 43.2 Å². The summed E-state index contributed by atoms with van der Waals surface area (Å²) in [6, 6.07) is 10.2. The molecule has 1 N–H and O–H groups in total. The van der Waals surface area contributed by atoms with Gasteiger partial charge in [0.05, 0.1) is 22.2 Å². The van der Waals surface area contributed by atoms with Crippen molar-refractivity contribution in [2.24, 2.45) is 0 Å². The molecule has 0 bridgehead atoms. The molecular formula is C18H16Cl2N2O2. The summed E-state index contributed by atoms with van der Waals surface area (Å²) in [4.78, 5) is 26.2. The van der Waals surface area contributed by atoms with E-state index in [1.54, 1.807) is 18.2 Å². The minimum atomic E-state index is -0.618. The Hall–Kier alpha value is -2.04. The first-order valence-electron chi connectivity index (χ1n) is 7.53. The van der Waals surface area contributed by atoms with Crippen molar-refractivity contribution < 1.29 is 9.59 Å². The Morgan fingerprint density at radius 3 is 2.62 bits per heavy atom. The number of hydrogen-bond acceptors (Lipinski definition) is 3. The molecule has 4 nitrogen and oxygen atoms in total. The van der Waals surface area contributed by atoms with Gasteiger partial charge >= 0.3 is 0 Å². The lowest BCUT2D eigenvalue weighted by molar-refractivity contribution is -0.121. The highest BCUT2D eigenvalue weighted by atomic mass is 35.5. The second-order valence-corrected chi connectivity index (χ2v) is 6.64. The lowest BCUT2D eigenvalue weighted by atomic mass is 10.1.